The van der Waals surface area contributed by atoms with E-state index in [0.29, 0.717) is 47.4 Å². The maximum Gasteiger partial charge on any atom is 0.279 e. The summed E-state index contributed by atoms with van der Waals surface area (Å²) in [7, 11) is 3.49. The standard InChI is InChI=1S/C22H26N2O5S/c1-6-27-16-12-14(13-17(28-7-2)20(16)29-8-3)21(25)23-22-24(4)19-15(26-5)10-9-11-18(19)30-22/h9-13H,6-8H2,1-5H3. The van der Waals surface area contributed by atoms with Gasteiger partial charge in [-0.05, 0) is 45.0 Å². The van der Waals surface area contributed by atoms with Crippen LogP contribution in [0, 0.1) is 0 Å². The maximum atomic E-state index is 13.0. The lowest BCUT2D eigenvalue weighted by atomic mass is 10.1. The SMILES string of the molecule is CCOc1cc(C(=O)N=c2sc3cccc(OC)c3n2C)cc(OCC)c1OCC. The zero-order chi connectivity index (χ0) is 21.7. The van der Waals surface area contributed by atoms with E-state index in [1.54, 1.807) is 19.2 Å². The molecule has 3 rings (SSSR count). The van der Waals surface area contributed by atoms with Gasteiger partial charge in [0, 0.05) is 12.6 Å². The Morgan fingerprint density at radius 3 is 2.20 bits per heavy atom. The number of methoxy groups -OCH3 is 1. The lowest BCUT2D eigenvalue weighted by Gasteiger charge is -2.16. The van der Waals surface area contributed by atoms with E-state index in [1.165, 1.54) is 11.3 Å². The van der Waals surface area contributed by atoms with Gasteiger partial charge in [-0.2, -0.15) is 4.99 Å². The number of carbonyl (C=O) groups is 1. The highest BCUT2D eigenvalue weighted by Crippen LogP contribution is 2.39. The van der Waals surface area contributed by atoms with Crippen molar-refractivity contribution in [2.24, 2.45) is 12.0 Å². The van der Waals surface area contributed by atoms with E-state index in [9.17, 15) is 4.79 Å². The molecule has 0 spiro atoms. The van der Waals surface area contributed by atoms with Gasteiger partial charge in [-0.1, -0.05) is 17.4 Å². The van der Waals surface area contributed by atoms with Crippen LogP contribution in [0.5, 0.6) is 23.0 Å². The Labute approximate surface area is 179 Å². The number of para-hydroxylation sites is 1. The monoisotopic (exact) mass is 430 g/mol. The molecule has 0 saturated heterocycles. The lowest BCUT2D eigenvalue weighted by Crippen LogP contribution is -2.14. The van der Waals surface area contributed by atoms with E-state index >= 15 is 0 Å². The van der Waals surface area contributed by atoms with Crippen LogP contribution in [-0.4, -0.2) is 37.4 Å². The number of thiazole rings is 1. The molecular weight excluding hydrogens is 404 g/mol. The smallest absolute Gasteiger partial charge is 0.279 e. The molecule has 0 bridgehead atoms. The molecule has 0 atom stereocenters. The summed E-state index contributed by atoms with van der Waals surface area (Å²) >= 11 is 1.42. The van der Waals surface area contributed by atoms with Gasteiger partial charge in [-0.3, -0.25) is 4.79 Å². The minimum Gasteiger partial charge on any atom is -0.495 e. The Kier molecular flexibility index (Phi) is 6.99. The second kappa shape index (κ2) is 9.67. The minimum absolute atomic E-state index is 0.370. The molecule has 0 aliphatic carbocycles. The lowest BCUT2D eigenvalue weighted by molar-refractivity contribution is 0.0996. The molecule has 0 aliphatic rings. The molecule has 1 amide bonds. The molecule has 0 N–H and O–H groups in total. The Hall–Kier alpha value is -3.00. The molecule has 2 aromatic carbocycles. The van der Waals surface area contributed by atoms with Crippen LogP contribution in [-0.2, 0) is 7.05 Å². The van der Waals surface area contributed by atoms with Crippen LogP contribution < -0.4 is 23.7 Å². The van der Waals surface area contributed by atoms with Gasteiger partial charge in [0.15, 0.2) is 16.3 Å². The third-order valence-corrected chi connectivity index (χ3v) is 5.46. The first kappa shape index (κ1) is 21.7. The molecular formula is C22H26N2O5S. The topological polar surface area (TPSA) is 71.3 Å². The van der Waals surface area contributed by atoms with E-state index in [2.05, 4.69) is 4.99 Å². The number of rotatable bonds is 8. The van der Waals surface area contributed by atoms with E-state index in [0.717, 1.165) is 16.0 Å². The summed E-state index contributed by atoms with van der Waals surface area (Å²) in [4.78, 5) is 18.0. The third-order valence-electron chi connectivity index (χ3n) is 4.36. The molecule has 1 heterocycles. The van der Waals surface area contributed by atoms with Crippen LogP contribution in [0.2, 0.25) is 0 Å². The van der Waals surface area contributed by atoms with E-state index in [1.807, 2.05) is 50.6 Å². The van der Waals surface area contributed by atoms with E-state index in [-0.39, 0.29) is 5.91 Å². The van der Waals surface area contributed by atoms with Gasteiger partial charge < -0.3 is 23.5 Å². The quantitative estimate of drug-likeness (QED) is 0.536. The largest absolute Gasteiger partial charge is 0.495 e. The molecule has 7 nitrogen and oxygen atoms in total. The fourth-order valence-corrected chi connectivity index (χ4v) is 4.14. The Morgan fingerprint density at radius 1 is 1.00 bits per heavy atom. The molecule has 8 heteroatoms. The van der Waals surface area contributed by atoms with Crippen molar-refractivity contribution < 1.29 is 23.7 Å². The highest BCUT2D eigenvalue weighted by molar-refractivity contribution is 7.16. The Morgan fingerprint density at radius 2 is 1.63 bits per heavy atom. The van der Waals surface area contributed by atoms with Gasteiger partial charge in [0.2, 0.25) is 5.75 Å². The second-order valence-electron chi connectivity index (χ2n) is 6.27. The third kappa shape index (κ3) is 4.28. The van der Waals surface area contributed by atoms with Gasteiger partial charge in [-0.25, -0.2) is 0 Å². The van der Waals surface area contributed by atoms with Crippen molar-refractivity contribution >= 4 is 27.5 Å². The predicted octanol–water partition coefficient (Wildman–Crippen LogP) is 4.19. The van der Waals surface area contributed by atoms with Crippen molar-refractivity contribution in [2.45, 2.75) is 20.8 Å². The number of hydrogen-bond acceptors (Lipinski definition) is 6. The first-order valence-corrected chi connectivity index (χ1v) is 10.6. The van der Waals surface area contributed by atoms with Gasteiger partial charge >= 0.3 is 0 Å². The number of carbonyl (C=O) groups excluding carboxylic acids is 1. The summed E-state index contributed by atoms with van der Waals surface area (Å²) < 4.78 is 25.4. The molecule has 0 aliphatic heterocycles. The molecule has 0 saturated carbocycles. The zero-order valence-corrected chi connectivity index (χ0v) is 18.7. The number of amides is 1. The molecule has 160 valence electrons. The predicted molar refractivity (Wildman–Crippen MR) is 117 cm³/mol. The van der Waals surface area contributed by atoms with Crippen LogP contribution in [0.1, 0.15) is 31.1 Å². The van der Waals surface area contributed by atoms with Crippen LogP contribution >= 0.6 is 11.3 Å². The second-order valence-corrected chi connectivity index (χ2v) is 7.28. The fraction of sp³-hybridized carbons (Fsp3) is 0.364. The van der Waals surface area contributed by atoms with Crippen LogP contribution in [0.25, 0.3) is 10.2 Å². The summed E-state index contributed by atoms with van der Waals surface area (Å²) in [5.74, 6) is 1.77. The summed E-state index contributed by atoms with van der Waals surface area (Å²) in [5, 5.41) is 0. The number of ether oxygens (including phenoxy) is 4. The number of benzene rings is 2. The summed E-state index contributed by atoms with van der Waals surface area (Å²) in [6.07, 6.45) is 0. The highest BCUT2D eigenvalue weighted by Gasteiger charge is 2.18. The first-order chi connectivity index (χ1) is 14.5. The number of aryl methyl sites for hydroxylation is 1. The first-order valence-electron chi connectivity index (χ1n) is 9.81. The van der Waals surface area contributed by atoms with Crippen molar-refractivity contribution in [1.82, 2.24) is 4.57 Å². The van der Waals surface area contributed by atoms with E-state index < -0.39 is 0 Å². The Bertz CT molecular complexity index is 1090. The summed E-state index contributed by atoms with van der Waals surface area (Å²) in [5.41, 5.74) is 1.27. The maximum absolute atomic E-state index is 13.0. The normalized spacial score (nSPS) is 11.6. The van der Waals surface area contributed by atoms with Crippen LogP contribution in [0.3, 0.4) is 0 Å². The van der Waals surface area contributed by atoms with Gasteiger partial charge in [0.05, 0.1) is 31.6 Å². The number of hydrogen-bond donors (Lipinski definition) is 0. The van der Waals surface area contributed by atoms with Crippen molar-refractivity contribution in [3.8, 4) is 23.0 Å². The number of aromatic nitrogens is 1. The molecule has 0 fully saturated rings. The van der Waals surface area contributed by atoms with Crippen LogP contribution in [0.4, 0.5) is 0 Å². The summed E-state index contributed by atoms with van der Waals surface area (Å²) in [6.45, 7) is 6.96. The molecule has 1 aromatic heterocycles. The average molecular weight is 431 g/mol. The average Bonchev–Trinajstić information content (AvgIpc) is 3.06. The molecule has 0 radical (unpaired) electrons. The van der Waals surface area contributed by atoms with E-state index in [4.69, 9.17) is 18.9 Å². The fourth-order valence-electron chi connectivity index (χ4n) is 3.10. The van der Waals surface area contributed by atoms with Gasteiger partial charge in [-0.15, -0.1) is 0 Å². The van der Waals surface area contributed by atoms with Crippen molar-refractivity contribution in [1.29, 1.82) is 0 Å². The number of nitrogens with zero attached hydrogens (tertiary/aromatic N) is 2. The van der Waals surface area contributed by atoms with Gasteiger partial charge in [0.1, 0.15) is 11.3 Å². The minimum atomic E-state index is -0.388. The van der Waals surface area contributed by atoms with Crippen molar-refractivity contribution in [2.75, 3.05) is 26.9 Å². The zero-order valence-electron chi connectivity index (χ0n) is 17.9. The molecule has 30 heavy (non-hydrogen) atoms. The Balaban J connectivity index is 2.11. The summed E-state index contributed by atoms with van der Waals surface area (Å²) in [6, 6.07) is 9.07. The molecule has 0 unspecified atom stereocenters. The van der Waals surface area contributed by atoms with Crippen molar-refractivity contribution in [3.63, 3.8) is 0 Å². The van der Waals surface area contributed by atoms with Crippen LogP contribution in [0.15, 0.2) is 35.3 Å². The highest BCUT2D eigenvalue weighted by atomic mass is 32.1. The van der Waals surface area contributed by atoms with Crippen molar-refractivity contribution in [3.05, 3.63) is 40.7 Å². The molecule has 3 aromatic rings. The van der Waals surface area contributed by atoms with Gasteiger partial charge in [0.25, 0.3) is 5.91 Å². The number of fused-ring (bicyclic) bond motifs is 1.